The lowest BCUT2D eigenvalue weighted by molar-refractivity contribution is -0.122. The summed E-state index contributed by atoms with van der Waals surface area (Å²) in [4.78, 5) is 39.7. The number of amides is 4. The number of aryl methyl sites for hydroxylation is 3. The van der Waals surface area contributed by atoms with E-state index in [9.17, 15) is 14.4 Å². The lowest BCUT2D eigenvalue weighted by atomic mass is 10.0. The molecule has 37 heavy (non-hydrogen) atoms. The van der Waals surface area contributed by atoms with Crippen LogP contribution in [0.3, 0.4) is 0 Å². The van der Waals surface area contributed by atoms with Crippen LogP contribution in [0.1, 0.15) is 34.7 Å². The van der Waals surface area contributed by atoms with Gasteiger partial charge in [-0.1, -0.05) is 42.0 Å². The van der Waals surface area contributed by atoms with Crippen molar-refractivity contribution < 1.29 is 23.9 Å². The Hall–Kier alpha value is -3.66. The molecule has 0 radical (unpaired) electrons. The van der Waals surface area contributed by atoms with E-state index < -0.39 is 17.8 Å². The molecule has 8 heteroatoms. The number of nitrogens with zero attached hydrogens (tertiary/aromatic N) is 1. The van der Waals surface area contributed by atoms with Crippen LogP contribution in [0.2, 0.25) is 0 Å². The van der Waals surface area contributed by atoms with Gasteiger partial charge in [0.05, 0.1) is 15.9 Å². The van der Waals surface area contributed by atoms with Gasteiger partial charge in [0.1, 0.15) is 12.2 Å². The highest BCUT2D eigenvalue weighted by Crippen LogP contribution is 2.36. The summed E-state index contributed by atoms with van der Waals surface area (Å²) in [5.74, 6) is -0.351. The SMILES string of the molecule is CCOc1cc(/C=C2\C(=O)NC(=O)N(c3cc(C)ccc3C)C2=O)cc(I)c1OCc1ccc(C)cc1. The van der Waals surface area contributed by atoms with Gasteiger partial charge in [-0.15, -0.1) is 0 Å². The number of carbonyl (C=O) groups excluding carboxylic acids is 3. The van der Waals surface area contributed by atoms with E-state index in [1.54, 1.807) is 25.1 Å². The number of ether oxygens (including phenoxy) is 2. The van der Waals surface area contributed by atoms with Crippen molar-refractivity contribution in [3.05, 3.63) is 91.6 Å². The van der Waals surface area contributed by atoms with Crippen molar-refractivity contribution in [2.24, 2.45) is 0 Å². The number of halogens is 1. The normalized spacial score (nSPS) is 14.7. The smallest absolute Gasteiger partial charge is 0.335 e. The summed E-state index contributed by atoms with van der Waals surface area (Å²) in [5.41, 5.74) is 4.69. The molecule has 1 fully saturated rings. The Kier molecular flexibility index (Phi) is 7.97. The number of urea groups is 1. The summed E-state index contributed by atoms with van der Waals surface area (Å²) < 4.78 is 12.7. The molecular weight excluding hydrogens is 583 g/mol. The van der Waals surface area contributed by atoms with E-state index in [0.717, 1.165) is 25.2 Å². The van der Waals surface area contributed by atoms with Gasteiger partial charge in [0.25, 0.3) is 11.8 Å². The number of nitrogens with one attached hydrogen (secondary N) is 1. The Balaban J connectivity index is 1.67. The first-order chi connectivity index (χ1) is 17.7. The highest BCUT2D eigenvalue weighted by Gasteiger charge is 2.37. The molecule has 7 nitrogen and oxygen atoms in total. The summed E-state index contributed by atoms with van der Waals surface area (Å²) >= 11 is 2.14. The monoisotopic (exact) mass is 610 g/mol. The molecule has 1 aliphatic rings. The number of hydrogen-bond acceptors (Lipinski definition) is 5. The number of hydrogen-bond donors (Lipinski definition) is 1. The van der Waals surface area contributed by atoms with Crippen LogP contribution < -0.4 is 19.7 Å². The number of carbonyl (C=O) groups is 3. The summed E-state index contributed by atoms with van der Waals surface area (Å²) in [7, 11) is 0. The van der Waals surface area contributed by atoms with Crippen molar-refractivity contribution in [2.45, 2.75) is 34.3 Å². The van der Waals surface area contributed by atoms with Crippen LogP contribution in [-0.4, -0.2) is 24.5 Å². The maximum atomic E-state index is 13.4. The molecule has 0 atom stereocenters. The van der Waals surface area contributed by atoms with Crippen molar-refractivity contribution in [1.82, 2.24) is 5.32 Å². The lowest BCUT2D eigenvalue weighted by Gasteiger charge is -2.28. The fourth-order valence-electron chi connectivity index (χ4n) is 3.92. The predicted molar refractivity (Wildman–Crippen MR) is 151 cm³/mol. The number of barbiturate groups is 1. The van der Waals surface area contributed by atoms with E-state index in [1.807, 2.05) is 57.2 Å². The molecule has 0 bridgehead atoms. The molecule has 4 amide bonds. The molecule has 3 aromatic carbocycles. The molecule has 0 unspecified atom stereocenters. The first-order valence-electron chi connectivity index (χ1n) is 11.8. The first-order valence-corrected chi connectivity index (χ1v) is 12.9. The van der Waals surface area contributed by atoms with Crippen molar-refractivity contribution in [1.29, 1.82) is 0 Å². The van der Waals surface area contributed by atoms with E-state index in [4.69, 9.17) is 9.47 Å². The average Bonchev–Trinajstić information content (AvgIpc) is 2.84. The zero-order valence-electron chi connectivity index (χ0n) is 21.1. The van der Waals surface area contributed by atoms with Gasteiger partial charge >= 0.3 is 6.03 Å². The fourth-order valence-corrected chi connectivity index (χ4v) is 4.70. The van der Waals surface area contributed by atoms with Crippen LogP contribution in [0.25, 0.3) is 6.08 Å². The fraction of sp³-hybridized carbons (Fsp3) is 0.207. The van der Waals surface area contributed by atoms with Crippen LogP contribution in [0.15, 0.2) is 60.2 Å². The Morgan fingerprint density at radius 3 is 2.32 bits per heavy atom. The molecule has 0 saturated carbocycles. The summed E-state index contributed by atoms with van der Waals surface area (Å²) in [5, 5.41) is 2.28. The Labute approximate surface area is 229 Å². The second kappa shape index (κ2) is 11.2. The zero-order chi connectivity index (χ0) is 26.7. The second-order valence-electron chi connectivity index (χ2n) is 8.79. The van der Waals surface area contributed by atoms with Gasteiger partial charge in [-0.2, -0.15) is 0 Å². The van der Waals surface area contributed by atoms with Crippen molar-refractivity contribution >= 4 is 52.2 Å². The number of anilines is 1. The van der Waals surface area contributed by atoms with Crippen LogP contribution in [0.4, 0.5) is 10.5 Å². The largest absolute Gasteiger partial charge is 0.490 e. The molecule has 0 aromatic heterocycles. The standard InChI is InChI=1S/C29H27IN2O5/c1-5-36-25-15-21(14-23(30)26(25)37-16-20-10-7-17(2)8-11-20)13-22-27(33)31-29(35)32(28(22)34)24-12-18(3)6-9-19(24)4/h6-15H,5,16H2,1-4H3,(H,31,33,35)/b22-13+. The molecule has 1 saturated heterocycles. The lowest BCUT2D eigenvalue weighted by Crippen LogP contribution is -2.54. The van der Waals surface area contributed by atoms with Crippen LogP contribution in [0, 0.1) is 24.3 Å². The molecule has 3 aromatic rings. The van der Waals surface area contributed by atoms with Gasteiger partial charge in [-0.3, -0.25) is 14.9 Å². The quantitative estimate of drug-likeness (QED) is 0.206. The van der Waals surface area contributed by atoms with Crippen LogP contribution in [-0.2, 0) is 16.2 Å². The number of imide groups is 2. The van der Waals surface area contributed by atoms with Crippen molar-refractivity contribution in [3.63, 3.8) is 0 Å². The maximum absolute atomic E-state index is 13.4. The molecule has 4 rings (SSSR count). The predicted octanol–water partition coefficient (Wildman–Crippen LogP) is 5.86. The van der Waals surface area contributed by atoms with Crippen LogP contribution in [0.5, 0.6) is 11.5 Å². The summed E-state index contributed by atoms with van der Waals surface area (Å²) in [6, 6.07) is 16.3. The topological polar surface area (TPSA) is 84.9 Å². The molecule has 1 aliphatic heterocycles. The second-order valence-corrected chi connectivity index (χ2v) is 9.95. The summed E-state index contributed by atoms with van der Waals surface area (Å²) in [6.45, 7) is 8.35. The van der Waals surface area contributed by atoms with Gasteiger partial charge < -0.3 is 9.47 Å². The third kappa shape index (κ3) is 5.85. The van der Waals surface area contributed by atoms with Gasteiger partial charge in [0.2, 0.25) is 0 Å². The number of benzene rings is 3. The van der Waals surface area contributed by atoms with E-state index in [0.29, 0.717) is 36.0 Å². The highest BCUT2D eigenvalue weighted by atomic mass is 127. The molecule has 190 valence electrons. The molecule has 1 N–H and O–H groups in total. The van der Waals surface area contributed by atoms with Gasteiger partial charge in [0, 0.05) is 0 Å². The van der Waals surface area contributed by atoms with E-state index in [1.165, 1.54) is 11.6 Å². The van der Waals surface area contributed by atoms with Crippen LogP contribution >= 0.6 is 22.6 Å². The first kappa shape index (κ1) is 26.4. The minimum Gasteiger partial charge on any atom is -0.490 e. The van der Waals surface area contributed by atoms with Crippen molar-refractivity contribution in [2.75, 3.05) is 11.5 Å². The minimum absolute atomic E-state index is 0.146. The molecule has 0 spiro atoms. The Bertz CT molecular complexity index is 1410. The highest BCUT2D eigenvalue weighted by molar-refractivity contribution is 14.1. The van der Waals surface area contributed by atoms with Gasteiger partial charge in [0.15, 0.2) is 11.5 Å². The Morgan fingerprint density at radius 2 is 1.62 bits per heavy atom. The zero-order valence-corrected chi connectivity index (χ0v) is 23.2. The minimum atomic E-state index is -0.773. The Morgan fingerprint density at radius 1 is 0.919 bits per heavy atom. The summed E-state index contributed by atoms with van der Waals surface area (Å²) in [6.07, 6.45) is 1.47. The number of rotatable bonds is 7. The van der Waals surface area contributed by atoms with Gasteiger partial charge in [-0.25, -0.2) is 9.69 Å². The third-order valence-electron chi connectivity index (χ3n) is 5.85. The van der Waals surface area contributed by atoms with Gasteiger partial charge in [-0.05, 0) is 96.8 Å². The maximum Gasteiger partial charge on any atom is 0.335 e. The van der Waals surface area contributed by atoms with Crippen molar-refractivity contribution in [3.8, 4) is 11.5 Å². The van der Waals surface area contributed by atoms with E-state index >= 15 is 0 Å². The molecule has 1 heterocycles. The third-order valence-corrected chi connectivity index (χ3v) is 6.65. The van der Waals surface area contributed by atoms with E-state index in [2.05, 4.69) is 27.9 Å². The van der Waals surface area contributed by atoms with E-state index in [-0.39, 0.29) is 5.57 Å². The molecule has 0 aliphatic carbocycles. The molecular formula is C29H27IN2O5. The average molecular weight is 610 g/mol.